The highest BCUT2D eigenvalue weighted by Gasteiger charge is 2.11. The summed E-state index contributed by atoms with van der Waals surface area (Å²) in [5, 5.41) is 6.49. The van der Waals surface area contributed by atoms with Gasteiger partial charge in [-0.2, -0.15) is 0 Å². The summed E-state index contributed by atoms with van der Waals surface area (Å²) < 4.78 is 5.22. The lowest BCUT2D eigenvalue weighted by atomic mass is 10.2. The second-order valence-corrected chi connectivity index (χ2v) is 5.88. The molecule has 0 bridgehead atoms. The van der Waals surface area contributed by atoms with Crippen molar-refractivity contribution < 1.29 is 9.53 Å². The zero-order chi connectivity index (χ0) is 18.4. The van der Waals surface area contributed by atoms with E-state index in [1.165, 1.54) is 7.11 Å². The summed E-state index contributed by atoms with van der Waals surface area (Å²) in [6.07, 6.45) is 5.13. The molecule has 0 aliphatic rings. The Labute approximate surface area is 156 Å². The number of benzene rings is 1. The van der Waals surface area contributed by atoms with Crippen molar-refractivity contribution in [3.05, 3.63) is 77.3 Å². The molecule has 0 unspecified atom stereocenters. The average molecular weight is 369 g/mol. The third-order valence-electron chi connectivity index (χ3n) is 3.63. The lowest BCUT2D eigenvalue weighted by molar-refractivity contribution is 0.102. The van der Waals surface area contributed by atoms with Gasteiger partial charge in [-0.3, -0.25) is 9.78 Å². The predicted octanol–water partition coefficient (Wildman–Crippen LogP) is 4.00. The molecule has 0 saturated carbocycles. The molecule has 3 rings (SSSR count). The summed E-state index contributed by atoms with van der Waals surface area (Å²) in [6, 6.07) is 12.3. The van der Waals surface area contributed by atoms with E-state index < -0.39 is 0 Å². The van der Waals surface area contributed by atoms with Crippen LogP contribution in [0.15, 0.2) is 61.1 Å². The monoisotopic (exact) mass is 368 g/mol. The van der Waals surface area contributed by atoms with Crippen molar-refractivity contribution in [1.29, 1.82) is 0 Å². The van der Waals surface area contributed by atoms with Crippen molar-refractivity contribution in [1.82, 2.24) is 9.97 Å². The normalized spacial score (nSPS) is 10.2. The number of rotatable bonds is 6. The molecule has 132 valence electrons. The van der Waals surface area contributed by atoms with E-state index in [2.05, 4.69) is 20.6 Å². The molecule has 26 heavy (non-hydrogen) atoms. The Kier molecular flexibility index (Phi) is 5.66. The van der Waals surface area contributed by atoms with Gasteiger partial charge in [0, 0.05) is 24.0 Å². The number of nitrogens with zero attached hydrogens (tertiary/aromatic N) is 2. The maximum absolute atomic E-state index is 12.4. The van der Waals surface area contributed by atoms with E-state index >= 15 is 0 Å². The highest BCUT2D eigenvalue weighted by Crippen LogP contribution is 2.28. The Morgan fingerprint density at radius 1 is 1.19 bits per heavy atom. The lowest BCUT2D eigenvalue weighted by Crippen LogP contribution is -2.14. The highest BCUT2D eigenvalue weighted by atomic mass is 35.5. The fraction of sp³-hybridized carbons (Fsp3) is 0.105. The van der Waals surface area contributed by atoms with Crippen LogP contribution in [-0.4, -0.2) is 23.0 Å². The van der Waals surface area contributed by atoms with Crippen LogP contribution in [0, 0.1) is 0 Å². The van der Waals surface area contributed by atoms with Crippen LogP contribution in [0.2, 0.25) is 5.02 Å². The Hall–Kier alpha value is -3.12. The topological polar surface area (TPSA) is 76.1 Å². The molecule has 2 N–H and O–H groups in total. The second kappa shape index (κ2) is 8.31. The van der Waals surface area contributed by atoms with Gasteiger partial charge in [-0.1, -0.05) is 17.7 Å². The van der Waals surface area contributed by atoms with E-state index in [0.29, 0.717) is 28.7 Å². The maximum Gasteiger partial charge on any atom is 0.274 e. The Morgan fingerprint density at radius 3 is 2.77 bits per heavy atom. The number of anilines is 2. The third kappa shape index (κ3) is 4.49. The van der Waals surface area contributed by atoms with Crippen LogP contribution in [0.4, 0.5) is 11.4 Å². The summed E-state index contributed by atoms with van der Waals surface area (Å²) in [5.41, 5.74) is 2.65. The smallest absolute Gasteiger partial charge is 0.274 e. The largest absolute Gasteiger partial charge is 0.495 e. The Bertz CT molecular complexity index is 886. The van der Waals surface area contributed by atoms with Crippen molar-refractivity contribution in [2.45, 2.75) is 6.54 Å². The first kappa shape index (κ1) is 17.7. The molecular formula is C19H17ClN4O2. The molecule has 0 saturated heterocycles. The molecule has 1 aromatic carbocycles. The van der Waals surface area contributed by atoms with Crippen LogP contribution in [0.25, 0.3) is 0 Å². The molecule has 1 amide bonds. The number of hydrogen-bond donors (Lipinski definition) is 2. The van der Waals surface area contributed by atoms with Gasteiger partial charge in [0.15, 0.2) is 0 Å². The van der Waals surface area contributed by atoms with Crippen LogP contribution in [-0.2, 0) is 6.54 Å². The Balaban J connectivity index is 1.64. The highest BCUT2D eigenvalue weighted by molar-refractivity contribution is 6.31. The van der Waals surface area contributed by atoms with Gasteiger partial charge >= 0.3 is 0 Å². The number of ether oxygens (including phenoxy) is 1. The number of pyridine rings is 2. The minimum atomic E-state index is -0.343. The van der Waals surface area contributed by atoms with Crippen molar-refractivity contribution in [3.63, 3.8) is 0 Å². The molecule has 0 radical (unpaired) electrons. The van der Waals surface area contributed by atoms with Crippen molar-refractivity contribution in [2.75, 3.05) is 17.7 Å². The molecule has 0 fully saturated rings. The first-order valence-electron chi connectivity index (χ1n) is 7.89. The third-order valence-corrected chi connectivity index (χ3v) is 3.86. The fourth-order valence-corrected chi connectivity index (χ4v) is 2.48. The van der Waals surface area contributed by atoms with Gasteiger partial charge < -0.3 is 15.4 Å². The van der Waals surface area contributed by atoms with Crippen molar-refractivity contribution >= 4 is 28.9 Å². The van der Waals surface area contributed by atoms with Gasteiger partial charge in [0.25, 0.3) is 5.91 Å². The van der Waals surface area contributed by atoms with Gasteiger partial charge in [0.05, 0.1) is 24.7 Å². The quantitative estimate of drug-likeness (QED) is 0.687. The van der Waals surface area contributed by atoms with Gasteiger partial charge in [-0.25, -0.2) is 4.98 Å². The molecule has 0 aliphatic heterocycles. The first-order chi connectivity index (χ1) is 12.7. The number of aromatic nitrogens is 2. The number of hydrogen-bond acceptors (Lipinski definition) is 5. The maximum atomic E-state index is 12.4. The van der Waals surface area contributed by atoms with E-state index in [1.54, 1.807) is 48.9 Å². The molecule has 7 heteroatoms. The molecule has 2 aromatic heterocycles. The van der Waals surface area contributed by atoms with Crippen LogP contribution >= 0.6 is 11.6 Å². The van der Waals surface area contributed by atoms with Gasteiger partial charge in [0.1, 0.15) is 11.4 Å². The lowest BCUT2D eigenvalue weighted by Gasteiger charge is -2.11. The van der Waals surface area contributed by atoms with Crippen LogP contribution < -0.4 is 15.4 Å². The zero-order valence-electron chi connectivity index (χ0n) is 14.1. The van der Waals surface area contributed by atoms with E-state index in [4.69, 9.17) is 16.3 Å². The first-order valence-corrected chi connectivity index (χ1v) is 8.27. The predicted molar refractivity (Wildman–Crippen MR) is 102 cm³/mol. The molecule has 0 spiro atoms. The number of nitrogens with one attached hydrogen (secondary N) is 2. The van der Waals surface area contributed by atoms with Crippen LogP contribution in [0.1, 0.15) is 16.1 Å². The minimum absolute atomic E-state index is 0.291. The molecular weight excluding hydrogens is 352 g/mol. The van der Waals surface area contributed by atoms with E-state index in [9.17, 15) is 4.79 Å². The Morgan fingerprint density at radius 2 is 2.08 bits per heavy atom. The van der Waals surface area contributed by atoms with Crippen molar-refractivity contribution in [2.24, 2.45) is 0 Å². The number of halogens is 1. The number of carbonyl (C=O) groups is 1. The summed E-state index contributed by atoms with van der Waals surface area (Å²) in [5.74, 6) is 0.182. The van der Waals surface area contributed by atoms with E-state index in [0.717, 1.165) is 11.3 Å². The summed E-state index contributed by atoms with van der Waals surface area (Å²) in [7, 11) is 1.53. The SMILES string of the molecule is COc1ccc(Cl)cc1NC(=O)c1ccc(NCc2cccnc2)cn1. The van der Waals surface area contributed by atoms with Gasteiger partial charge in [0.2, 0.25) is 0 Å². The summed E-state index contributed by atoms with van der Waals surface area (Å²) in [6.45, 7) is 0.626. The molecule has 0 atom stereocenters. The van der Waals surface area contributed by atoms with Gasteiger partial charge in [-0.05, 0) is 42.0 Å². The van der Waals surface area contributed by atoms with Gasteiger partial charge in [-0.15, -0.1) is 0 Å². The molecule has 6 nitrogen and oxygen atoms in total. The molecule has 2 heterocycles. The molecule has 0 aliphatic carbocycles. The summed E-state index contributed by atoms with van der Waals surface area (Å²) in [4.78, 5) is 20.7. The second-order valence-electron chi connectivity index (χ2n) is 5.45. The van der Waals surface area contributed by atoms with Crippen LogP contribution in [0.5, 0.6) is 5.75 Å². The zero-order valence-corrected chi connectivity index (χ0v) is 14.8. The summed E-state index contributed by atoms with van der Waals surface area (Å²) >= 11 is 5.97. The van der Waals surface area contributed by atoms with E-state index in [-0.39, 0.29) is 5.91 Å². The molecule has 3 aromatic rings. The standard InChI is InChI=1S/C19H17ClN4O2/c1-26-18-7-4-14(20)9-17(18)24-19(25)16-6-5-15(12-23-16)22-11-13-3-2-8-21-10-13/h2-10,12,22H,11H2,1H3,(H,24,25). The number of carbonyl (C=O) groups excluding carboxylic acids is 1. The van der Waals surface area contributed by atoms with Crippen LogP contribution in [0.3, 0.4) is 0 Å². The average Bonchev–Trinajstić information content (AvgIpc) is 2.68. The van der Waals surface area contributed by atoms with Crippen molar-refractivity contribution in [3.8, 4) is 5.75 Å². The fourth-order valence-electron chi connectivity index (χ4n) is 2.30. The number of methoxy groups -OCH3 is 1. The number of amides is 1. The van der Waals surface area contributed by atoms with E-state index in [1.807, 2.05) is 12.1 Å². The minimum Gasteiger partial charge on any atom is -0.495 e.